The van der Waals surface area contributed by atoms with Gasteiger partial charge in [-0.25, -0.2) is 8.78 Å². The lowest BCUT2D eigenvalue weighted by atomic mass is 10.1. The molecule has 1 unspecified atom stereocenters. The van der Waals surface area contributed by atoms with Crippen molar-refractivity contribution in [3.63, 3.8) is 0 Å². The second-order valence-electron chi connectivity index (χ2n) is 6.85. The number of aliphatic imine (C=N–C) groups is 1. The molecule has 1 atom stereocenters. The Kier molecular flexibility index (Phi) is 8.53. The zero-order valence-electron chi connectivity index (χ0n) is 15.4. The summed E-state index contributed by atoms with van der Waals surface area (Å²) in [6.07, 6.45) is 4.28. The molecular formula is C19H29F2IN4. The van der Waals surface area contributed by atoms with Crippen molar-refractivity contribution in [1.29, 1.82) is 0 Å². The van der Waals surface area contributed by atoms with Crippen LogP contribution in [-0.4, -0.2) is 61.1 Å². The zero-order valence-corrected chi connectivity index (χ0v) is 17.7. The van der Waals surface area contributed by atoms with Crippen molar-refractivity contribution >= 4 is 29.9 Å². The fraction of sp³-hybridized carbons (Fsp3) is 0.632. The van der Waals surface area contributed by atoms with E-state index >= 15 is 0 Å². The standard InChI is InChI=1S/C19H28F2N4.HI/c1-2-22-19(23-9-7-15-5-6-16(20)13-18(15)21)25-12-8-17(14-25)24-10-3-4-11-24;/h5-6,13,17H,2-4,7-12,14H2,1H3,(H,22,23);1H. The second kappa shape index (κ2) is 10.4. The van der Waals surface area contributed by atoms with Gasteiger partial charge >= 0.3 is 0 Å². The van der Waals surface area contributed by atoms with Crippen molar-refractivity contribution < 1.29 is 8.78 Å². The van der Waals surface area contributed by atoms with Gasteiger partial charge in [-0.05, 0) is 57.3 Å². The average Bonchev–Trinajstić information content (AvgIpc) is 3.27. The molecule has 0 aliphatic carbocycles. The molecule has 0 spiro atoms. The molecule has 2 fully saturated rings. The molecule has 26 heavy (non-hydrogen) atoms. The smallest absolute Gasteiger partial charge is 0.193 e. The molecule has 1 aromatic rings. The number of nitrogens with one attached hydrogen (secondary N) is 1. The molecule has 1 N–H and O–H groups in total. The first-order chi connectivity index (χ1) is 12.2. The third-order valence-electron chi connectivity index (χ3n) is 5.11. The van der Waals surface area contributed by atoms with Gasteiger partial charge in [0.2, 0.25) is 0 Å². The van der Waals surface area contributed by atoms with E-state index in [-0.39, 0.29) is 24.0 Å². The summed E-state index contributed by atoms with van der Waals surface area (Å²) < 4.78 is 26.7. The first kappa shape index (κ1) is 21.3. The van der Waals surface area contributed by atoms with E-state index in [2.05, 4.69) is 27.0 Å². The highest BCUT2D eigenvalue weighted by Crippen LogP contribution is 2.20. The van der Waals surface area contributed by atoms with Gasteiger partial charge in [-0.1, -0.05) is 6.07 Å². The van der Waals surface area contributed by atoms with Crippen molar-refractivity contribution in [3.05, 3.63) is 35.4 Å². The average molecular weight is 478 g/mol. The van der Waals surface area contributed by atoms with Crippen molar-refractivity contribution in [2.75, 3.05) is 39.3 Å². The highest BCUT2D eigenvalue weighted by Gasteiger charge is 2.30. The predicted octanol–water partition coefficient (Wildman–Crippen LogP) is 3.26. The summed E-state index contributed by atoms with van der Waals surface area (Å²) in [6.45, 7) is 7.83. The largest absolute Gasteiger partial charge is 0.357 e. The van der Waals surface area contributed by atoms with E-state index < -0.39 is 11.6 Å². The fourth-order valence-electron chi connectivity index (χ4n) is 3.77. The molecule has 0 radical (unpaired) electrons. The molecule has 3 rings (SSSR count). The number of rotatable bonds is 5. The number of halogens is 3. The maximum atomic E-state index is 13.7. The summed E-state index contributed by atoms with van der Waals surface area (Å²) in [5.74, 6) is -0.120. The summed E-state index contributed by atoms with van der Waals surface area (Å²) in [7, 11) is 0. The van der Waals surface area contributed by atoms with Crippen LogP contribution in [0.1, 0.15) is 31.7 Å². The molecule has 4 nitrogen and oxygen atoms in total. The molecule has 0 bridgehead atoms. The molecular weight excluding hydrogens is 449 g/mol. The van der Waals surface area contributed by atoms with Crippen molar-refractivity contribution in [2.24, 2.45) is 4.99 Å². The number of likely N-dealkylation sites (tertiary alicyclic amines) is 2. The Balaban J connectivity index is 0.00000243. The first-order valence-corrected chi connectivity index (χ1v) is 9.38. The van der Waals surface area contributed by atoms with Gasteiger partial charge in [0.1, 0.15) is 11.6 Å². The molecule has 146 valence electrons. The summed E-state index contributed by atoms with van der Waals surface area (Å²) >= 11 is 0. The Morgan fingerprint density at radius 2 is 2.00 bits per heavy atom. The third kappa shape index (κ3) is 5.52. The lowest BCUT2D eigenvalue weighted by molar-refractivity contribution is 0.249. The molecule has 2 aliphatic heterocycles. The van der Waals surface area contributed by atoms with Gasteiger partial charge in [-0.15, -0.1) is 24.0 Å². The van der Waals surface area contributed by atoms with Crippen molar-refractivity contribution in [2.45, 2.75) is 38.6 Å². The highest BCUT2D eigenvalue weighted by atomic mass is 127. The minimum atomic E-state index is -0.539. The lowest BCUT2D eigenvalue weighted by Gasteiger charge is -2.25. The minimum Gasteiger partial charge on any atom is -0.357 e. The number of hydrogen-bond donors (Lipinski definition) is 1. The fourth-order valence-corrected chi connectivity index (χ4v) is 3.77. The van der Waals surface area contributed by atoms with E-state index in [1.54, 1.807) is 0 Å². The van der Waals surface area contributed by atoms with Crippen LogP contribution in [0.15, 0.2) is 23.2 Å². The van der Waals surface area contributed by atoms with Crippen LogP contribution in [0, 0.1) is 11.6 Å². The van der Waals surface area contributed by atoms with Crippen LogP contribution in [0.4, 0.5) is 8.78 Å². The van der Waals surface area contributed by atoms with Crippen LogP contribution >= 0.6 is 24.0 Å². The topological polar surface area (TPSA) is 30.9 Å². The zero-order chi connectivity index (χ0) is 17.6. The van der Waals surface area contributed by atoms with Crippen LogP contribution in [0.3, 0.4) is 0 Å². The van der Waals surface area contributed by atoms with E-state index in [4.69, 9.17) is 0 Å². The quantitative estimate of drug-likeness (QED) is 0.401. The molecule has 7 heteroatoms. The number of benzene rings is 1. The predicted molar refractivity (Wildman–Crippen MR) is 112 cm³/mol. The van der Waals surface area contributed by atoms with Gasteiger partial charge < -0.3 is 10.2 Å². The summed E-state index contributed by atoms with van der Waals surface area (Å²) in [4.78, 5) is 9.58. The molecule has 2 aliphatic rings. The van der Waals surface area contributed by atoms with Gasteiger partial charge in [-0.3, -0.25) is 9.89 Å². The van der Waals surface area contributed by atoms with E-state index in [0.29, 0.717) is 24.6 Å². The van der Waals surface area contributed by atoms with Gasteiger partial charge in [0.05, 0.1) is 0 Å². The lowest BCUT2D eigenvalue weighted by Crippen LogP contribution is -2.42. The van der Waals surface area contributed by atoms with Crippen LogP contribution in [-0.2, 0) is 6.42 Å². The van der Waals surface area contributed by atoms with Crippen LogP contribution in [0.5, 0.6) is 0 Å². The van der Waals surface area contributed by atoms with E-state index in [9.17, 15) is 8.78 Å². The van der Waals surface area contributed by atoms with Crippen LogP contribution < -0.4 is 5.32 Å². The molecule has 1 aromatic carbocycles. The van der Waals surface area contributed by atoms with Crippen molar-refractivity contribution in [3.8, 4) is 0 Å². The van der Waals surface area contributed by atoms with Gasteiger partial charge in [-0.2, -0.15) is 0 Å². The first-order valence-electron chi connectivity index (χ1n) is 9.38. The Morgan fingerprint density at radius 1 is 1.23 bits per heavy atom. The number of hydrogen-bond acceptors (Lipinski definition) is 2. The number of nitrogens with zero attached hydrogens (tertiary/aromatic N) is 3. The molecule has 0 amide bonds. The molecule has 0 aromatic heterocycles. The summed E-state index contributed by atoms with van der Waals surface area (Å²) in [5.41, 5.74) is 0.511. The van der Waals surface area contributed by atoms with Gasteiger partial charge in [0.15, 0.2) is 5.96 Å². The van der Waals surface area contributed by atoms with E-state index in [1.165, 1.54) is 44.5 Å². The van der Waals surface area contributed by atoms with Crippen LogP contribution in [0.2, 0.25) is 0 Å². The Labute approximate surface area is 172 Å². The van der Waals surface area contributed by atoms with Crippen LogP contribution in [0.25, 0.3) is 0 Å². The third-order valence-corrected chi connectivity index (χ3v) is 5.11. The SMILES string of the molecule is CCNC(=NCCc1ccc(F)cc1F)N1CCC(N2CCCC2)C1.I. The minimum absolute atomic E-state index is 0. The molecule has 0 saturated carbocycles. The van der Waals surface area contributed by atoms with Gasteiger partial charge in [0, 0.05) is 38.3 Å². The van der Waals surface area contributed by atoms with E-state index in [0.717, 1.165) is 31.7 Å². The number of guanidine groups is 1. The monoisotopic (exact) mass is 478 g/mol. The second-order valence-corrected chi connectivity index (χ2v) is 6.85. The van der Waals surface area contributed by atoms with Gasteiger partial charge in [0.25, 0.3) is 0 Å². The van der Waals surface area contributed by atoms with Crippen molar-refractivity contribution in [1.82, 2.24) is 15.1 Å². The molecule has 2 saturated heterocycles. The summed E-state index contributed by atoms with van der Waals surface area (Å²) in [5, 5.41) is 3.35. The maximum absolute atomic E-state index is 13.7. The normalized spacial score (nSPS) is 21.1. The Hall–Kier alpha value is -0.960. The van der Waals surface area contributed by atoms with E-state index in [1.807, 2.05) is 0 Å². The molecule has 2 heterocycles. The summed E-state index contributed by atoms with van der Waals surface area (Å²) in [6, 6.07) is 4.37. The Morgan fingerprint density at radius 3 is 2.69 bits per heavy atom. The highest BCUT2D eigenvalue weighted by molar-refractivity contribution is 14.0. The Bertz CT molecular complexity index is 605. The maximum Gasteiger partial charge on any atom is 0.193 e.